The molecule has 0 aliphatic carbocycles. The van der Waals surface area contributed by atoms with Crippen molar-refractivity contribution in [2.45, 2.75) is 6.18 Å². The number of aromatic hydroxyl groups is 1. The van der Waals surface area contributed by atoms with Crippen molar-refractivity contribution < 1.29 is 22.7 Å². The number of hydrogen-bond acceptors (Lipinski definition) is 3. The molecule has 0 saturated heterocycles. The lowest BCUT2D eigenvalue weighted by molar-refractivity contribution is -0.137. The number of aromatic nitrogens is 1. The summed E-state index contributed by atoms with van der Waals surface area (Å²) in [5.41, 5.74) is 0.00870. The molecular weight excluding hydrogens is 294 g/mol. The van der Waals surface area contributed by atoms with E-state index in [1.165, 1.54) is 0 Å². The van der Waals surface area contributed by atoms with Crippen LogP contribution >= 0.6 is 22.9 Å². The maximum absolute atomic E-state index is 13.0. The van der Waals surface area contributed by atoms with E-state index in [1.54, 1.807) is 0 Å². The minimum absolute atomic E-state index is 0.00870. The molecule has 0 unspecified atom stereocenters. The summed E-state index contributed by atoms with van der Waals surface area (Å²) in [6.45, 7) is 0. The van der Waals surface area contributed by atoms with Gasteiger partial charge in [-0.25, -0.2) is 9.37 Å². The van der Waals surface area contributed by atoms with Crippen LogP contribution in [0.5, 0.6) is 5.75 Å². The molecule has 0 fully saturated rings. The largest absolute Gasteiger partial charge is 0.507 e. The molecule has 1 heterocycles. The van der Waals surface area contributed by atoms with Crippen LogP contribution in [0.15, 0.2) is 18.3 Å². The second-order valence-electron chi connectivity index (χ2n) is 3.31. The fourth-order valence-corrected chi connectivity index (χ4v) is 2.24. The molecule has 8 heteroatoms. The molecule has 2 nitrogen and oxygen atoms in total. The average Bonchev–Trinajstić information content (AvgIpc) is 2.72. The molecule has 0 radical (unpaired) electrons. The van der Waals surface area contributed by atoms with E-state index in [9.17, 15) is 22.7 Å². The first-order valence-electron chi connectivity index (χ1n) is 4.50. The van der Waals surface area contributed by atoms with E-state index in [4.69, 9.17) is 11.6 Å². The van der Waals surface area contributed by atoms with Gasteiger partial charge in [0, 0.05) is 17.8 Å². The third-order valence-corrected chi connectivity index (χ3v) is 3.42. The molecular formula is C10H4ClF4NOS. The van der Waals surface area contributed by atoms with Gasteiger partial charge in [-0.3, -0.25) is 0 Å². The van der Waals surface area contributed by atoms with Gasteiger partial charge in [-0.15, -0.1) is 11.3 Å². The standard InChI is InChI=1S/C10H4ClF4NOS/c11-5-1-4(7(17)2-6(5)12)8-3-16-9(18-8)10(13,14)15/h1-3,17H. The number of phenols is 1. The number of alkyl halides is 3. The Balaban J connectivity index is 2.50. The maximum atomic E-state index is 13.0. The Kier molecular flexibility index (Phi) is 3.20. The summed E-state index contributed by atoms with van der Waals surface area (Å²) in [4.78, 5) is 3.26. The lowest BCUT2D eigenvalue weighted by Gasteiger charge is -2.03. The second kappa shape index (κ2) is 4.40. The molecule has 0 bridgehead atoms. The minimum Gasteiger partial charge on any atom is -0.507 e. The highest BCUT2D eigenvalue weighted by Gasteiger charge is 2.34. The van der Waals surface area contributed by atoms with Crippen LogP contribution in [-0.2, 0) is 6.18 Å². The number of nitrogens with zero attached hydrogens (tertiary/aromatic N) is 1. The molecule has 0 aliphatic rings. The van der Waals surface area contributed by atoms with Gasteiger partial charge in [-0.1, -0.05) is 11.6 Å². The van der Waals surface area contributed by atoms with Gasteiger partial charge in [0.1, 0.15) is 11.6 Å². The summed E-state index contributed by atoms with van der Waals surface area (Å²) in [5, 5.41) is 8.15. The van der Waals surface area contributed by atoms with Crippen LogP contribution in [0.3, 0.4) is 0 Å². The van der Waals surface area contributed by atoms with Crippen molar-refractivity contribution in [2.24, 2.45) is 0 Å². The molecule has 1 N–H and O–H groups in total. The number of rotatable bonds is 1. The summed E-state index contributed by atoms with van der Waals surface area (Å²) in [5.74, 6) is -1.34. The first-order chi connectivity index (χ1) is 8.29. The Hall–Kier alpha value is -1.34. The minimum atomic E-state index is -4.55. The smallest absolute Gasteiger partial charge is 0.443 e. The monoisotopic (exact) mass is 297 g/mol. The molecule has 96 valence electrons. The van der Waals surface area contributed by atoms with Crippen molar-refractivity contribution in [1.82, 2.24) is 4.98 Å². The van der Waals surface area contributed by atoms with Crippen LogP contribution in [0.1, 0.15) is 5.01 Å². The Labute approximate surface area is 107 Å². The van der Waals surface area contributed by atoms with Crippen molar-refractivity contribution in [3.8, 4) is 16.2 Å². The molecule has 1 aromatic heterocycles. The molecule has 1 aromatic carbocycles. The Morgan fingerprint density at radius 1 is 1.28 bits per heavy atom. The second-order valence-corrected chi connectivity index (χ2v) is 4.75. The fraction of sp³-hybridized carbons (Fsp3) is 0.100. The van der Waals surface area contributed by atoms with E-state index < -0.39 is 22.8 Å². The highest BCUT2D eigenvalue weighted by atomic mass is 35.5. The van der Waals surface area contributed by atoms with Gasteiger partial charge < -0.3 is 5.11 Å². The van der Waals surface area contributed by atoms with Crippen LogP contribution in [-0.4, -0.2) is 10.1 Å². The van der Waals surface area contributed by atoms with Gasteiger partial charge >= 0.3 is 6.18 Å². The zero-order valence-corrected chi connectivity index (χ0v) is 10.00. The van der Waals surface area contributed by atoms with Crippen LogP contribution < -0.4 is 0 Å². The van der Waals surface area contributed by atoms with Gasteiger partial charge in [-0.2, -0.15) is 13.2 Å². The zero-order chi connectivity index (χ0) is 13.5. The summed E-state index contributed by atoms with van der Waals surface area (Å²) in [7, 11) is 0. The van der Waals surface area contributed by atoms with Gasteiger partial charge in [-0.05, 0) is 6.07 Å². The van der Waals surface area contributed by atoms with E-state index in [2.05, 4.69) is 4.98 Å². The van der Waals surface area contributed by atoms with Crippen molar-refractivity contribution in [2.75, 3.05) is 0 Å². The van der Waals surface area contributed by atoms with Gasteiger partial charge in [0.15, 0.2) is 5.01 Å². The van der Waals surface area contributed by atoms with Crippen LogP contribution in [0.4, 0.5) is 17.6 Å². The lowest BCUT2D eigenvalue weighted by atomic mass is 10.2. The topological polar surface area (TPSA) is 33.1 Å². The van der Waals surface area contributed by atoms with Gasteiger partial charge in [0.25, 0.3) is 0 Å². The molecule has 18 heavy (non-hydrogen) atoms. The predicted octanol–water partition coefficient (Wildman–Crippen LogP) is 4.33. The SMILES string of the molecule is Oc1cc(F)c(Cl)cc1-c1cnc(C(F)(F)F)s1. The Bertz CT molecular complexity index is 596. The molecule has 0 amide bonds. The van der Waals surface area contributed by atoms with Crippen LogP contribution in [0, 0.1) is 5.82 Å². The summed E-state index contributed by atoms with van der Waals surface area (Å²) >= 11 is 5.85. The van der Waals surface area contributed by atoms with Gasteiger partial charge in [0.05, 0.1) is 9.90 Å². The number of halogens is 5. The predicted molar refractivity (Wildman–Crippen MR) is 59.2 cm³/mol. The maximum Gasteiger partial charge on any atom is 0.443 e. The Morgan fingerprint density at radius 2 is 1.94 bits per heavy atom. The van der Waals surface area contributed by atoms with E-state index in [0.717, 1.165) is 18.3 Å². The first kappa shape index (κ1) is 13.1. The number of thiazole rings is 1. The van der Waals surface area contributed by atoms with Crippen molar-refractivity contribution in [3.05, 3.63) is 34.2 Å². The molecule has 0 saturated carbocycles. The summed E-state index contributed by atoms with van der Waals surface area (Å²) in [6.07, 6.45) is -3.60. The van der Waals surface area contributed by atoms with Crippen molar-refractivity contribution >= 4 is 22.9 Å². The third kappa shape index (κ3) is 2.41. The molecule has 0 atom stereocenters. The normalized spacial score (nSPS) is 11.8. The number of phenolic OH excluding ortho intramolecular Hbond substituents is 1. The van der Waals surface area contributed by atoms with E-state index in [-0.39, 0.29) is 15.5 Å². The number of hydrogen-bond donors (Lipinski definition) is 1. The van der Waals surface area contributed by atoms with Crippen molar-refractivity contribution in [1.29, 1.82) is 0 Å². The third-order valence-electron chi connectivity index (χ3n) is 2.05. The van der Waals surface area contributed by atoms with E-state index >= 15 is 0 Å². The highest BCUT2D eigenvalue weighted by Crippen LogP contribution is 2.40. The van der Waals surface area contributed by atoms with Crippen molar-refractivity contribution in [3.63, 3.8) is 0 Å². The van der Waals surface area contributed by atoms with Gasteiger partial charge in [0.2, 0.25) is 0 Å². The Morgan fingerprint density at radius 3 is 2.50 bits per heavy atom. The number of benzene rings is 1. The first-order valence-corrected chi connectivity index (χ1v) is 5.70. The zero-order valence-electron chi connectivity index (χ0n) is 8.42. The highest BCUT2D eigenvalue weighted by molar-refractivity contribution is 7.15. The summed E-state index contributed by atoms with van der Waals surface area (Å²) < 4.78 is 50.1. The van der Waals surface area contributed by atoms with E-state index in [1.807, 2.05) is 0 Å². The quantitative estimate of drug-likeness (QED) is 0.795. The fourth-order valence-electron chi connectivity index (χ4n) is 1.26. The van der Waals surface area contributed by atoms with E-state index in [0.29, 0.717) is 11.3 Å². The average molecular weight is 298 g/mol. The van der Waals surface area contributed by atoms with Crippen LogP contribution in [0.2, 0.25) is 5.02 Å². The molecule has 0 aliphatic heterocycles. The lowest BCUT2D eigenvalue weighted by Crippen LogP contribution is -2.02. The molecule has 2 aromatic rings. The molecule has 0 spiro atoms. The summed E-state index contributed by atoms with van der Waals surface area (Å²) in [6, 6.07) is 1.80. The molecule has 2 rings (SSSR count). The van der Waals surface area contributed by atoms with Crippen LogP contribution in [0.25, 0.3) is 10.4 Å².